The molecule has 0 aliphatic carbocycles. The standard InChI is InChI=1S/C8H14N2O3/c1-4(2)5-6(11)10-8(13-3)7(12)9-5/h4-5,8H,1-3H3,(H,9,12)(H,10,11)/t5-,8?/m0/s1. The lowest BCUT2D eigenvalue weighted by Crippen LogP contribution is -2.63. The molecule has 0 spiro atoms. The van der Waals surface area contributed by atoms with Crippen LogP contribution < -0.4 is 10.6 Å². The molecule has 0 saturated carbocycles. The van der Waals surface area contributed by atoms with E-state index in [2.05, 4.69) is 10.6 Å². The van der Waals surface area contributed by atoms with E-state index in [9.17, 15) is 9.59 Å². The van der Waals surface area contributed by atoms with Crippen molar-refractivity contribution in [3.63, 3.8) is 0 Å². The fourth-order valence-electron chi connectivity index (χ4n) is 1.21. The van der Waals surface area contributed by atoms with Gasteiger partial charge in [0.1, 0.15) is 6.04 Å². The summed E-state index contributed by atoms with van der Waals surface area (Å²) in [5.41, 5.74) is 0. The van der Waals surface area contributed by atoms with Crippen LogP contribution in [0.4, 0.5) is 0 Å². The summed E-state index contributed by atoms with van der Waals surface area (Å²) >= 11 is 0. The molecular formula is C8H14N2O3. The molecule has 0 bridgehead atoms. The molecule has 2 amide bonds. The van der Waals surface area contributed by atoms with Crippen LogP contribution in [-0.2, 0) is 14.3 Å². The van der Waals surface area contributed by atoms with Crippen LogP contribution in [0.15, 0.2) is 0 Å². The van der Waals surface area contributed by atoms with Crippen LogP contribution in [0.2, 0.25) is 0 Å². The van der Waals surface area contributed by atoms with Crippen LogP contribution >= 0.6 is 0 Å². The minimum atomic E-state index is -0.845. The first-order chi connectivity index (χ1) is 6.06. The molecular weight excluding hydrogens is 172 g/mol. The number of methoxy groups -OCH3 is 1. The molecule has 1 fully saturated rings. The van der Waals surface area contributed by atoms with E-state index >= 15 is 0 Å². The highest BCUT2D eigenvalue weighted by molar-refractivity contribution is 5.96. The van der Waals surface area contributed by atoms with Gasteiger partial charge in [-0.2, -0.15) is 0 Å². The summed E-state index contributed by atoms with van der Waals surface area (Å²) in [4.78, 5) is 22.6. The Morgan fingerprint density at radius 2 is 1.85 bits per heavy atom. The Hall–Kier alpha value is -1.10. The van der Waals surface area contributed by atoms with Gasteiger partial charge in [0, 0.05) is 7.11 Å². The molecule has 2 atom stereocenters. The van der Waals surface area contributed by atoms with Crippen molar-refractivity contribution >= 4 is 11.8 Å². The van der Waals surface area contributed by atoms with E-state index in [4.69, 9.17) is 4.74 Å². The Morgan fingerprint density at radius 1 is 1.23 bits per heavy atom. The van der Waals surface area contributed by atoms with Crippen molar-refractivity contribution in [2.45, 2.75) is 26.1 Å². The highest BCUT2D eigenvalue weighted by atomic mass is 16.5. The van der Waals surface area contributed by atoms with Gasteiger partial charge in [-0.05, 0) is 5.92 Å². The molecule has 1 aliphatic heterocycles. The van der Waals surface area contributed by atoms with Crippen LogP contribution in [0.5, 0.6) is 0 Å². The van der Waals surface area contributed by atoms with E-state index in [0.717, 1.165) is 0 Å². The lowest BCUT2D eigenvalue weighted by Gasteiger charge is -2.30. The number of hydrogen-bond donors (Lipinski definition) is 2. The number of carbonyl (C=O) groups excluding carboxylic acids is 2. The number of ether oxygens (including phenoxy) is 1. The first-order valence-corrected chi connectivity index (χ1v) is 4.19. The zero-order chi connectivity index (χ0) is 10.0. The number of carbonyl (C=O) groups is 2. The second-order valence-corrected chi connectivity index (χ2v) is 3.35. The fraction of sp³-hybridized carbons (Fsp3) is 0.750. The second-order valence-electron chi connectivity index (χ2n) is 3.35. The van der Waals surface area contributed by atoms with Gasteiger partial charge in [-0.3, -0.25) is 9.59 Å². The molecule has 1 aliphatic rings. The summed E-state index contributed by atoms with van der Waals surface area (Å²) in [5, 5.41) is 5.06. The average molecular weight is 186 g/mol. The third-order valence-electron chi connectivity index (χ3n) is 1.99. The van der Waals surface area contributed by atoms with Crippen molar-refractivity contribution in [1.29, 1.82) is 0 Å². The monoisotopic (exact) mass is 186 g/mol. The maximum absolute atomic E-state index is 11.3. The summed E-state index contributed by atoms with van der Waals surface area (Å²) in [6.07, 6.45) is -0.845. The molecule has 74 valence electrons. The molecule has 1 saturated heterocycles. The summed E-state index contributed by atoms with van der Waals surface area (Å²) < 4.78 is 4.76. The average Bonchev–Trinajstić information content (AvgIpc) is 2.07. The Labute approximate surface area is 76.8 Å². The Bertz CT molecular complexity index is 227. The van der Waals surface area contributed by atoms with Gasteiger partial charge in [0.05, 0.1) is 0 Å². The van der Waals surface area contributed by atoms with Crippen molar-refractivity contribution in [2.24, 2.45) is 5.92 Å². The van der Waals surface area contributed by atoms with Gasteiger partial charge in [0.25, 0.3) is 5.91 Å². The Kier molecular flexibility index (Phi) is 2.87. The third-order valence-corrected chi connectivity index (χ3v) is 1.99. The number of hydrogen-bond acceptors (Lipinski definition) is 3. The molecule has 1 rings (SSSR count). The summed E-state index contributed by atoms with van der Waals surface area (Å²) in [6, 6.07) is -0.445. The largest absolute Gasteiger partial charge is 0.353 e. The van der Waals surface area contributed by atoms with E-state index in [1.54, 1.807) is 0 Å². The lowest BCUT2D eigenvalue weighted by atomic mass is 10.0. The van der Waals surface area contributed by atoms with Gasteiger partial charge < -0.3 is 15.4 Å². The number of piperazine rings is 1. The molecule has 5 nitrogen and oxygen atoms in total. The van der Waals surface area contributed by atoms with E-state index < -0.39 is 12.3 Å². The van der Waals surface area contributed by atoms with Gasteiger partial charge in [0.2, 0.25) is 12.1 Å². The highest BCUT2D eigenvalue weighted by Gasteiger charge is 2.34. The molecule has 5 heteroatoms. The van der Waals surface area contributed by atoms with E-state index in [-0.39, 0.29) is 17.7 Å². The van der Waals surface area contributed by atoms with Crippen LogP contribution in [-0.4, -0.2) is 31.2 Å². The number of rotatable bonds is 2. The normalized spacial score (nSPS) is 28.6. The van der Waals surface area contributed by atoms with Crippen molar-refractivity contribution in [2.75, 3.05) is 7.11 Å². The van der Waals surface area contributed by atoms with Crippen molar-refractivity contribution in [3.05, 3.63) is 0 Å². The molecule has 0 aromatic carbocycles. The maximum atomic E-state index is 11.3. The van der Waals surface area contributed by atoms with Gasteiger partial charge in [-0.15, -0.1) is 0 Å². The predicted molar refractivity (Wildman–Crippen MR) is 45.7 cm³/mol. The third kappa shape index (κ3) is 1.98. The van der Waals surface area contributed by atoms with Crippen molar-refractivity contribution in [3.8, 4) is 0 Å². The van der Waals surface area contributed by atoms with E-state index in [1.165, 1.54) is 7.11 Å². The zero-order valence-corrected chi connectivity index (χ0v) is 7.96. The topological polar surface area (TPSA) is 67.4 Å². The van der Waals surface area contributed by atoms with E-state index in [1.807, 2.05) is 13.8 Å². The summed E-state index contributed by atoms with van der Waals surface area (Å²) in [6.45, 7) is 3.75. The molecule has 0 radical (unpaired) electrons. The second kappa shape index (κ2) is 3.74. The first kappa shape index (κ1) is 9.98. The predicted octanol–water partition coefficient (Wildman–Crippen LogP) is -0.771. The number of amides is 2. The quantitative estimate of drug-likeness (QED) is 0.595. The van der Waals surface area contributed by atoms with Crippen molar-refractivity contribution in [1.82, 2.24) is 10.6 Å². The molecule has 1 heterocycles. The minimum Gasteiger partial charge on any atom is -0.353 e. The minimum absolute atomic E-state index is 0.0850. The van der Waals surface area contributed by atoms with Crippen LogP contribution in [0.3, 0.4) is 0 Å². The van der Waals surface area contributed by atoms with Crippen molar-refractivity contribution < 1.29 is 14.3 Å². The smallest absolute Gasteiger partial charge is 0.270 e. The highest BCUT2D eigenvalue weighted by Crippen LogP contribution is 2.06. The summed E-state index contributed by atoms with van der Waals surface area (Å²) in [7, 11) is 1.38. The number of nitrogens with one attached hydrogen (secondary N) is 2. The first-order valence-electron chi connectivity index (χ1n) is 4.19. The van der Waals surface area contributed by atoms with Crippen LogP contribution in [0.25, 0.3) is 0 Å². The maximum Gasteiger partial charge on any atom is 0.270 e. The van der Waals surface area contributed by atoms with E-state index in [0.29, 0.717) is 0 Å². The van der Waals surface area contributed by atoms with Crippen LogP contribution in [0.1, 0.15) is 13.8 Å². The molecule has 1 unspecified atom stereocenters. The fourth-order valence-corrected chi connectivity index (χ4v) is 1.21. The SMILES string of the molecule is COC1NC(=O)[C@H](C(C)C)NC1=O. The molecule has 13 heavy (non-hydrogen) atoms. The van der Waals surface area contributed by atoms with Gasteiger partial charge in [-0.1, -0.05) is 13.8 Å². The molecule has 0 aromatic heterocycles. The Balaban J connectivity index is 2.67. The van der Waals surface area contributed by atoms with Gasteiger partial charge in [0.15, 0.2) is 0 Å². The Morgan fingerprint density at radius 3 is 2.31 bits per heavy atom. The molecule has 0 aromatic rings. The lowest BCUT2D eigenvalue weighted by molar-refractivity contribution is -0.147. The molecule has 2 N–H and O–H groups in total. The van der Waals surface area contributed by atoms with Gasteiger partial charge >= 0.3 is 0 Å². The van der Waals surface area contributed by atoms with Crippen LogP contribution in [0, 0.1) is 5.92 Å². The zero-order valence-electron chi connectivity index (χ0n) is 7.96. The van der Waals surface area contributed by atoms with Gasteiger partial charge in [-0.25, -0.2) is 0 Å². The summed E-state index contributed by atoms with van der Waals surface area (Å²) in [5.74, 6) is -0.399.